The number of amides is 1. The zero-order chi connectivity index (χ0) is 15.5. The molecule has 1 amide bonds. The molecule has 2 N–H and O–H groups in total. The van der Waals surface area contributed by atoms with Gasteiger partial charge in [-0.15, -0.1) is 0 Å². The van der Waals surface area contributed by atoms with Crippen LogP contribution in [0.25, 0.3) is 11.1 Å². The molecule has 0 unspecified atom stereocenters. The maximum Gasteiger partial charge on any atom is 0.271 e. The number of aromatic nitrogens is 3. The van der Waals surface area contributed by atoms with E-state index in [0.717, 1.165) is 16.7 Å². The summed E-state index contributed by atoms with van der Waals surface area (Å²) < 4.78 is 5.47. The molecule has 0 fully saturated rings. The third kappa shape index (κ3) is 3.03. The second-order valence-corrected chi connectivity index (χ2v) is 4.85. The molecule has 0 saturated carbocycles. The van der Waals surface area contributed by atoms with E-state index in [1.165, 1.54) is 12.1 Å². The summed E-state index contributed by atoms with van der Waals surface area (Å²) in [5.41, 5.74) is 2.44. The number of H-pyrrole nitrogens is 1. The number of hydrogen-bond acceptors (Lipinski definition) is 5. The number of oxazole rings is 1. The molecule has 1 aromatic carbocycles. The minimum absolute atomic E-state index is 0.181. The van der Waals surface area contributed by atoms with Crippen LogP contribution in [0.2, 0.25) is 0 Å². The van der Waals surface area contributed by atoms with Crippen LogP contribution in [0.1, 0.15) is 21.9 Å². The highest BCUT2D eigenvalue weighted by molar-refractivity contribution is 5.91. The summed E-state index contributed by atoms with van der Waals surface area (Å²) in [6.45, 7) is 2.26. The minimum Gasteiger partial charge on any atom is -0.441 e. The van der Waals surface area contributed by atoms with E-state index < -0.39 is 0 Å². The molecule has 2 heterocycles. The number of hydrogen-bond donors (Lipinski definition) is 2. The van der Waals surface area contributed by atoms with E-state index in [-0.39, 0.29) is 17.2 Å². The number of nitrogens with zero attached hydrogens (tertiary/aromatic N) is 2. The Bertz CT molecular complexity index is 861. The molecule has 112 valence electrons. The van der Waals surface area contributed by atoms with E-state index in [2.05, 4.69) is 20.5 Å². The van der Waals surface area contributed by atoms with Crippen molar-refractivity contribution in [2.24, 2.45) is 0 Å². The van der Waals surface area contributed by atoms with Gasteiger partial charge in [0.1, 0.15) is 11.2 Å². The molecule has 0 spiro atoms. The normalized spacial score (nSPS) is 10.8. The average molecular weight is 298 g/mol. The molecule has 3 aromatic rings. The monoisotopic (exact) mass is 298 g/mol. The van der Waals surface area contributed by atoms with Gasteiger partial charge in [-0.25, -0.2) is 10.1 Å². The first-order chi connectivity index (χ1) is 10.6. The Morgan fingerprint density at radius 1 is 1.32 bits per heavy atom. The molecule has 0 aliphatic rings. The second kappa shape index (κ2) is 5.80. The van der Waals surface area contributed by atoms with Gasteiger partial charge in [-0.2, -0.15) is 5.10 Å². The molecule has 0 bridgehead atoms. The van der Waals surface area contributed by atoms with Crippen molar-refractivity contribution in [3.63, 3.8) is 0 Å². The van der Waals surface area contributed by atoms with Crippen molar-refractivity contribution in [2.45, 2.75) is 13.3 Å². The van der Waals surface area contributed by atoms with Crippen LogP contribution in [0.4, 0.5) is 0 Å². The number of nitrogens with one attached hydrogen (secondary N) is 2. The Kier molecular flexibility index (Phi) is 3.69. The van der Waals surface area contributed by atoms with Crippen LogP contribution in [-0.2, 0) is 6.42 Å². The highest BCUT2D eigenvalue weighted by atomic mass is 16.3. The lowest BCUT2D eigenvalue weighted by atomic mass is 10.1. The van der Waals surface area contributed by atoms with Gasteiger partial charge in [0.05, 0.1) is 0 Å². The summed E-state index contributed by atoms with van der Waals surface area (Å²) in [5, 5.41) is 8.65. The molecule has 0 aliphatic heterocycles. The van der Waals surface area contributed by atoms with Crippen LogP contribution in [0.3, 0.4) is 0 Å². The van der Waals surface area contributed by atoms with Crippen LogP contribution in [0.15, 0.2) is 39.5 Å². The highest BCUT2D eigenvalue weighted by Gasteiger charge is 2.07. The van der Waals surface area contributed by atoms with Crippen LogP contribution in [0.5, 0.6) is 0 Å². The zero-order valence-electron chi connectivity index (χ0n) is 11.9. The van der Waals surface area contributed by atoms with Gasteiger partial charge in [0, 0.05) is 19.5 Å². The molecule has 7 nitrogen and oxygen atoms in total. The van der Waals surface area contributed by atoms with Crippen molar-refractivity contribution in [3.8, 4) is 0 Å². The average Bonchev–Trinajstić information content (AvgIpc) is 2.87. The second-order valence-electron chi connectivity index (χ2n) is 4.85. The predicted octanol–water partition coefficient (Wildman–Crippen LogP) is 1.19. The van der Waals surface area contributed by atoms with Crippen LogP contribution in [-0.4, -0.2) is 27.6 Å². The fourth-order valence-electron chi connectivity index (χ4n) is 2.12. The summed E-state index contributed by atoms with van der Waals surface area (Å²) in [6.07, 6.45) is 0.658. The van der Waals surface area contributed by atoms with Crippen molar-refractivity contribution in [3.05, 3.63) is 57.8 Å². The quantitative estimate of drug-likeness (QED) is 0.753. The molecule has 3 rings (SSSR count). The number of fused-ring (bicyclic) bond motifs is 1. The van der Waals surface area contributed by atoms with E-state index >= 15 is 0 Å². The molecule has 7 heteroatoms. The van der Waals surface area contributed by atoms with Gasteiger partial charge in [-0.3, -0.25) is 9.59 Å². The topological polar surface area (TPSA) is 101 Å². The fraction of sp³-hybridized carbons (Fsp3) is 0.200. The summed E-state index contributed by atoms with van der Waals surface area (Å²) in [4.78, 5) is 27.0. The van der Waals surface area contributed by atoms with E-state index in [1.807, 2.05) is 18.2 Å². The van der Waals surface area contributed by atoms with E-state index in [0.29, 0.717) is 18.9 Å². The van der Waals surface area contributed by atoms with Gasteiger partial charge in [0.25, 0.3) is 11.5 Å². The lowest BCUT2D eigenvalue weighted by Gasteiger charge is -2.04. The summed E-state index contributed by atoms with van der Waals surface area (Å²) in [5.74, 6) is 0.303. The van der Waals surface area contributed by atoms with E-state index in [4.69, 9.17) is 4.42 Å². The van der Waals surface area contributed by atoms with Crippen LogP contribution in [0, 0.1) is 6.92 Å². The summed E-state index contributed by atoms with van der Waals surface area (Å²) >= 11 is 0. The van der Waals surface area contributed by atoms with Crippen LogP contribution < -0.4 is 10.9 Å². The first-order valence-corrected chi connectivity index (χ1v) is 6.82. The Balaban J connectivity index is 1.60. The van der Waals surface area contributed by atoms with Crippen molar-refractivity contribution in [1.82, 2.24) is 20.5 Å². The third-order valence-electron chi connectivity index (χ3n) is 3.17. The van der Waals surface area contributed by atoms with Gasteiger partial charge >= 0.3 is 0 Å². The molecule has 2 aromatic heterocycles. The highest BCUT2D eigenvalue weighted by Crippen LogP contribution is 2.16. The van der Waals surface area contributed by atoms with Gasteiger partial charge in [-0.1, -0.05) is 6.07 Å². The summed E-state index contributed by atoms with van der Waals surface area (Å²) in [6, 6.07) is 8.42. The summed E-state index contributed by atoms with van der Waals surface area (Å²) in [7, 11) is 0. The Labute approximate surface area is 125 Å². The number of aromatic amines is 1. The number of rotatable bonds is 4. The predicted molar refractivity (Wildman–Crippen MR) is 79.6 cm³/mol. The maximum atomic E-state index is 11.8. The van der Waals surface area contributed by atoms with Gasteiger partial charge < -0.3 is 9.73 Å². The Hall–Kier alpha value is -2.96. The number of aryl methyl sites for hydroxylation is 1. The minimum atomic E-state index is -0.341. The van der Waals surface area contributed by atoms with Crippen molar-refractivity contribution in [1.29, 1.82) is 0 Å². The first kappa shape index (κ1) is 14.0. The van der Waals surface area contributed by atoms with E-state index in [1.54, 1.807) is 6.92 Å². The SMILES string of the molecule is Cc1nc2ccc(CCNC(=O)c3ccc(=O)[nH]n3)cc2o1. The lowest BCUT2D eigenvalue weighted by Crippen LogP contribution is -2.27. The molecule has 0 radical (unpaired) electrons. The largest absolute Gasteiger partial charge is 0.441 e. The van der Waals surface area contributed by atoms with Gasteiger partial charge in [-0.05, 0) is 30.2 Å². The third-order valence-corrected chi connectivity index (χ3v) is 3.17. The molecule has 22 heavy (non-hydrogen) atoms. The van der Waals surface area contributed by atoms with Crippen molar-refractivity contribution < 1.29 is 9.21 Å². The van der Waals surface area contributed by atoms with Crippen molar-refractivity contribution >= 4 is 17.0 Å². The van der Waals surface area contributed by atoms with Gasteiger partial charge in [0.2, 0.25) is 0 Å². The maximum absolute atomic E-state index is 11.8. The molecule has 0 atom stereocenters. The number of carbonyl (C=O) groups is 1. The molecule has 0 saturated heterocycles. The van der Waals surface area contributed by atoms with Crippen molar-refractivity contribution in [2.75, 3.05) is 6.54 Å². The van der Waals surface area contributed by atoms with Gasteiger partial charge in [0.15, 0.2) is 11.5 Å². The Morgan fingerprint density at radius 2 is 2.18 bits per heavy atom. The smallest absolute Gasteiger partial charge is 0.271 e. The van der Waals surface area contributed by atoms with Crippen LogP contribution >= 0.6 is 0 Å². The fourth-order valence-corrected chi connectivity index (χ4v) is 2.12. The standard InChI is InChI=1S/C15H14N4O3/c1-9-17-11-3-2-10(8-13(11)22-9)6-7-16-15(21)12-4-5-14(20)19-18-12/h2-5,8H,6-7H2,1H3,(H,16,21)(H,19,20). The zero-order valence-corrected chi connectivity index (χ0v) is 11.9. The molecule has 0 aliphatic carbocycles. The number of carbonyl (C=O) groups excluding carboxylic acids is 1. The molecular weight excluding hydrogens is 284 g/mol. The van der Waals surface area contributed by atoms with E-state index in [9.17, 15) is 9.59 Å². The molecular formula is C15H14N4O3. The first-order valence-electron chi connectivity index (χ1n) is 6.82. The number of benzene rings is 1. The Morgan fingerprint density at radius 3 is 2.95 bits per heavy atom. The lowest BCUT2D eigenvalue weighted by molar-refractivity contribution is 0.0948.